The summed E-state index contributed by atoms with van der Waals surface area (Å²) in [7, 11) is 0. The zero-order valence-electron chi connectivity index (χ0n) is 20.1. The molecule has 2 amide bonds. The number of nitrogens with one attached hydrogen (secondary N) is 1. The van der Waals surface area contributed by atoms with Crippen LogP contribution < -0.4 is 15.0 Å². The number of halogens is 1. The summed E-state index contributed by atoms with van der Waals surface area (Å²) >= 11 is 6.18. The van der Waals surface area contributed by atoms with Crippen molar-refractivity contribution < 1.29 is 14.2 Å². The maximum Gasteiger partial charge on any atom is 0.331 e. The van der Waals surface area contributed by atoms with E-state index in [1.165, 1.54) is 4.68 Å². The number of hydrogen-bond acceptors (Lipinski definition) is 3. The van der Waals surface area contributed by atoms with E-state index in [0.29, 0.717) is 28.5 Å². The maximum absolute atomic E-state index is 14.0. The average molecular weight is 500 g/mol. The van der Waals surface area contributed by atoms with Crippen LogP contribution in [0, 0.1) is 13.8 Å². The molecule has 7 nitrogen and oxygen atoms in total. The summed E-state index contributed by atoms with van der Waals surface area (Å²) < 4.78 is 3.03. The third kappa shape index (κ3) is 3.78. The zero-order valence-corrected chi connectivity index (χ0v) is 20.8. The molecular weight excluding hydrogens is 476 g/mol. The molecule has 2 aromatic heterocycles. The second kappa shape index (κ2) is 9.09. The van der Waals surface area contributed by atoms with Crippen molar-refractivity contribution in [3.63, 3.8) is 0 Å². The van der Waals surface area contributed by atoms with Crippen LogP contribution in [0.1, 0.15) is 29.3 Å². The van der Waals surface area contributed by atoms with Gasteiger partial charge >= 0.3 is 5.91 Å². The Morgan fingerprint density at radius 2 is 1.61 bits per heavy atom. The average Bonchev–Trinajstić information content (AvgIpc) is 3.33. The molecule has 0 saturated heterocycles. The van der Waals surface area contributed by atoms with Crippen LogP contribution in [0.25, 0.3) is 17.0 Å². The van der Waals surface area contributed by atoms with Crippen molar-refractivity contribution in [2.24, 2.45) is 0 Å². The molecule has 0 fully saturated rings. The first kappa shape index (κ1) is 23.5. The van der Waals surface area contributed by atoms with Crippen molar-refractivity contribution in [2.45, 2.75) is 27.2 Å². The topological polar surface area (TPSA) is 79.1 Å². The number of aromatic amines is 1. The first-order valence-corrected chi connectivity index (χ1v) is 12.0. The molecule has 4 aromatic rings. The number of H-pyrrole nitrogens is 1. The molecule has 180 valence electrons. The van der Waals surface area contributed by atoms with Gasteiger partial charge < -0.3 is 0 Å². The maximum atomic E-state index is 14.0. The van der Waals surface area contributed by atoms with Crippen molar-refractivity contribution in [2.75, 3.05) is 4.90 Å². The minimum Gasteiger partial charge on any atom is -0.294 e. The van der Waals surface area contributed by atoms with Crippen LogP contribution in [-0.4, -0.2) is 21.6 Å². The number of aryl methyl sites for hydroxylation is 3. The lowest BCUT2D eigenvalue weighted by molar-refractivity contribution is -0.577. The Morgan fingerprint density at radius 3 is 2.28 bits per heavy atom. The van der Waals surface area contributed by atoms with E-state index >= 15 is 0 Å². The molecule has 0 radical (unpaired) electrons. The minimum atomic E-state index is -0.575. The Balaban J connectivity index is 1.80. The van der Waals surface area contributed by atoms with Gasteiger partial charge in [-0.25, -0.2) is 9.58 Å². The second-order valence-electron chi connectivity index (χ2n) is 8.66. The number of imide groups is 1. The van der Waals surface area contributed by atoms with Crippen molar-refractivity contribution in [1.29, 1.82) is 0 Å². The van der Waals surface area contributed by atoms with Gasteiger partial charge in [0.15, 0.2) is 12.4 Å². The number of anilines is 1. The molecule has 36 heavy (non-hydrogen) atoms. The van der Waals surface area contributed by atoms with E-state index in [-0.39, 0.29) is 16.8 Å². The molecule has 3 heterocycles. The van der Waals surface area contributed by atoms with Crippen molar-refractivity contribution in [3.05, 3.63) is 111 Å². The first-order chi connectivity index (χ1) is 17.3. The fourth-order valence-corrected chi connectivity index (χ4v) is 4.59. The third-order valence-corrected chi connectivity index (χ3v) is 6.64. The van der Waals surface area contributed by atoms with E-state index in [2.05, 4.69) is 5.10 Å². The predicted octanol–water partition coefficient (Wildman–Crippen LogP) is 4.23. The fraction of sp³-hybridized carbons (Fsp3) is 0.143. The van der Waals surface area contributed by atoms with Gasteiger partial charge in [0.25, 0.3) is 17.2 Å². The normalized spacial score (nSPS) is 13.7. The molecule has 0 unspecified atom stereocenters. The smallest absolute Gasteiger partial charge is 0.294 e. The number of aromatic nitrogens is 3. The van der Waals surface area contributed by atoms with Gasteiger partial charge in [-0.05, 0) is 56.2 Å². The fourth-order valence-electron chi connectivity index (χ4n) is 4.40. The number of carbonyl (C=O) groups is 2. The highest BCUT2D eigenvalue weighted by Crippen LogP contribution is 2.34. The summed E-state index contributed by atoms with van der Waals surface area (Å²) in [4.78, 5) is 42.7. The number of carbonyl (C=O) groups excluding carboxylic acids is 2. The van der Waals surface area contributed by atoms with Crippen LogP contribution in [0.15, 0.2) is 77.9 Å². The number of rotatable bonds is 5. The standard InChI is InChI=1S/C28H23ClN4O3/c1-4-22-23(27(35)33(30-22)20-10-6-5-7-11-20)24-25(31-14-13-17(2)18(3)16-31)28(36)32(26(24)34)21-12-8-9-19(29)15-21/h5-16H,4H2,1-3H3/p+1. The van der Waals surface area contributed by atoms with E-state index < -0.39 is 17.4 Å². The van der Waals surface area contributed by atoms with Crippen LogP contribution in [0.4, 0.5) is 5.69 Å². The number of pyridine rings is 1. The molecule has 0 bridgehead atoms. The van der Waals surface area contributed by atoms with Crippen LogP contribution in [0.3, 0.4) is 0 Å². The lowest BCUT2D eigenvalue weighted by Crippen LogP contribution is -2.40. The quantitative estimate of drug-likeness (QED) is 0.330. The SMILES string of the molecule is CCc1[nH]n(-c2ccccc2)c(=O)c1C1=C([n+]2ccc(C)c(C)c2)C(=O)N(c2cccc(Cl)c2)C1=O. The summed E-state index contributed by atoms with van der Waals surface area (Å²) in [5, 5.41) is 3.53. The second-order valence-corrected chi connectivity index (χ2v) is 9.10. The summed E-state index contributed by atoms with van der Waals surface area (Å²) in [6.45, 7) is 5.79. The minimum absolute atomic E-state index is 0.0565. The van der Waals surface area contributed by atoms with Gasteiger partial charge in [0, 0.05) is 22.3 Å². The van der Waals surface area contributed by atoms with Crippen LogP contribution in [0.5, 0.6) is 0 Å². The van der Waals surface area contributed by atoms with E-state index in [4.69, 9.17) is 11.6 Å². The molecule has 2 aromatic carbocycles. The molecule has 5 rings (SSSR count). The van der Waals surface area contributed by atoms with Gasteiger partial charge in [-0.3, -0.25) is 19.5 Å². The molecular formula is C28H24ClN4O3+. The van der Waals surface area contributed by atoms with Gasteiger partial charge in [-0.2, -0.15) is 4.57 Å². The van der Waals surface area contributed by atoms with E-state index in [1.54, 1.807) is 53.4 Å². The number of amides is 2. The van der Waals surface area contributed by atoms with Gasteiger partial charge in [0.1, 0.15) is 5.57 Å². The van der Waals surface area contributed by atoms with Gasteiger partial charge in [0.2, 0.25) is 0 Å². The monoisotopic (exact) mass is 499 g/mol. The number of para-hydroxylation sites is 1. The summed E-state index contributed by atoms with van der Waals surface area (Å²) in [6.07, 6.45) is 3.99. The van der Waals surface area contributed by atoms with Crippen molar-refractivity contribution in [3.8, 4) is 5.69 Å². The summed E-state index contributed by atoms with van der Waals surface area (Å²) in [5.74, 6) is -1.10. The van der Waals surface area contributed by atoms with E-state index in [9.17, 15) is 14.4 Å². The molecule has 0 saturated carbocycles. The third-order valence-electron chi connectivity index (χ3n) is 6.41. The molecule has 1 aliphatic rings. The number of nitrogens with zero attached hydrogens (tertiary/aromatic N) is 3. The Labute approximate surface area is 212 Å². The highest BCUT2D eigenvalue weighted by atomic mass is 35.5. The largest absolute Gasteiger partial charge is 0.331 e. The predicted molar refractivity (Wildman–Crippen MR) is 139 cm³/mol. The Morgan fingerprint density at radius 1 is 0.889 bits per heavy atom. The number of benzene rings is 2. The van der Waals surface area contributed by atoms with E-state index in [0.717, 1.165) is 16.0 Å². The molecule has 1 N–H and O–H groups in total. The van der Waals surface area contributed by atoms with Gasteiger partial charge in [-0.15, -0.1) is 0 Å². The van der Waals surface area contributed by atoms with Crippen molar-refractivity contribution >= 4 is 40.4 Å². The Bertz CT molecular complexity index is 1620. The summed E-state index contributed by atoms with van der Waals surface area (Å²) in [6, 6.07) is 17.5. The molecule has 1 aliphatic heterocycles. The van der Waals surface area contributed by atoms with E-state index in [1.807, 2.05) is 45.0 Å². The molecule has 8 heteroatoms. The molecule has 0 atom stereocenters. The summed E-state index contributed by atoms with van der Waals surface area (Å²) in [5.41, 5.74) is 3.48. The highest BCUT2D eigenvalue weighted by molar-refractivity contribution is 6.53. The lowest BCUT2D eigenvalue weighted by atomic mass is 10.0. The van der Waals surface area contributed by atoms with Crippen molar-refractivity contribution in [1.82, 2.24) is 9.78 Å². The Kier molecular flexibility index (Phi) is 5.94. The first-order valence-electron chi connectivity index (χ1n) is 11.6. The van der Waals surface area contributed by atoms with Crippen LogP contribution in [-0.2, 0) is 16.0 Å². The Hall–Kier alpha value is -4.23. The lowest BCUT2D eigenvalue weighted by Gasteiger charge is -2.14. The molecule has 0 aliphatic carbocycles. The van der Waals surface area contributed by atoms with Crippen LogP contribution >= 0.6 is 11.6 Å². The number of hydrogen-bond donors (Lipinski definition) is 1. The zero-order chi connectivity index (χ0) is 25.6. The van der Waals surface area contributed by atoms with Crippen LogP contribution in [0.2, 0.25) is 5.02 Å². The van der Waals surface area contributed by atoms with Gasteiger partial charge in [-0.1, -0.05) is 42.8 Å². The van der Waals surface area contributed by atoms with Gasteiger partial charge in [0.05, 0.1) is 16.9 Å². The molecule has 0 spiro atoms. The highest BCUT2D eigenvalue weighted by Gasteiger charge is 2.48.